The molecule has 0 amide bonds. The van der Waals surface area contributed by atoms with Crippen molar-refractivity contribution in [1.29, 1.82) is 0 Å². The molecule has 1 N–H and O–H groups in total. The van der Waals surface area contributed by atoms with Crippen molar-refractivity contribution in [2.24, 2.45) is 0 Å². The van der Waals surface area contributed by atoms with E-state index in [9.17, 15) is 4.79 Å². The van der Waals surface area contributed by atoms with Crippen molar-refractivity contribution >= 4 is 17.6 Å². The van der Waals surface area contributed by atoms with Gasteiger partial charge in [-0.1, -0.05) is 35.9 Å². The van der Waals surface area contributed by atoms with Crippen molar-refractivity contribution in [3.8, 4) is 11.1 Å². The van der Waals surface area contributed by atoms with Gasteiger partial charge in [-0.3, -0.25) is 0 Å². The van der Waals surface area contributed by atoms with Gasteiger partial charge in [0.1, 0.15) is 11.5 Å². The molecule has 4 nitrogen and oxygen atoms in total. The van der Waals surface area contributed by atoms with Crippen LogP contribution in [0.15, 0.2) is 30.6 Å². The summed E-state index contributed by atoms with van der Waals surface area (Å²) in [7, 11) is 0. The molecule has 0 fully saturated rings. The first kappa shape index (κ1) is 11.5. The van der Waals surface area contributed by atoms with E-state index in [0.29, 0.717) is 5.56 Å². The number of rotatable bonds is 2. The van der Waals surface area contributed by atoms with Crippen LogP contribution in [0.1, 0.15) is 16.1 Å². The Bertz CT molecular complexity index is 584. The minimum absolute atomic E-state index is 0.0840. The van der Waals surface area contributed by atoms with Crippen molar-refractivity contribution in [1.82, 2.24) is 9.97 Å². The molecule has 0 aliphatic carbocycles. The number of hydrogen-bond donors (Lipinski definition) is 1. The number of benzene rings is 1. The first-order valence-electron chi connectivity index (χ1n) is 4.91. The zero-order valence-corrected chi connectivity index (χ0v) is 9.77. The van der Waals surface area contributed by atoms with Gasteiger partial charge in [0.15, 0.2) is 5.69 Å². The minimum Gasteiger partial charge on any atom is -0.476 e. The summed E-state index contributed by atoms with van der Waals surface area (Å²) in [5.74, 6) is -1.12. The van der Waals surface area contributed by atoms with Crippen LogP contribution in [-0.2, 0) is 0 Å². The third kappa shape index (κ3) is 2.12. The molecule has 0 bridgehead atoms. The van der Waals surface area contributed by atoms with E-state index < -0.39 is 5.97 Å². The van der Waals surface area contributed by atoms with Gasteiger partial charge in [-0.15, -0.1) is 0 Å². The third-order valence-electron chi connectivity index (χ3n) is 2.42. The number of aryl methyl sites for hydroxylation is 1. The molecule has 0 saturated heterocycles. The molecule has 0 aliphatic heterocycles. The fourth-order valence-electron chi connectivity index (χ4n) is 1.62. The largest absolute Gasteiger partial charge is 0.476 e. The summed E-state index contributed by atoms with van der Waals surface area (Å²) in [6, 6.07) is 7.37. The molecule has 1 aromatic carbocycles. The van der Waals surface area contributed by atoms with E-state index in [2.05, 4.69) is 9.97 Å². The van der Waals surface area contributed by atoms with E-state index in [4.69, 9.17) is 16.7 Å². The van der Waals surface area contributed by atoms with Crippen LogP contribution in [0.3, 0.4) is 0 Å². The van der Waals surface area contributed by atoms with Crippen LogP contribution in [0, 0.1) is 6.92 Å². The van der Waals surface area contributed by atoms with Gasteiger partial charge in [-0.2, -0.15) is 0 Å². The molecular weight excluding hydrogens is 240 g/mol. The lowest BCUT2D eigenvalue weighted by atomic mass is 10.0. The minimum atomic E-state index is -1.12. The molecule has 5 heteroatoms. The number of hydrogen-bond acceptors (Lipinski definition) is 3. The average molecular weight is 249 g/mol. The van der Waals surface area contributed by atoms with Gasteiger partial charge in [0, 0.05) is 0 Å². The molecule has 2 aromatic rings. The van der Waals surface area contributed by atoms with Gasteiger partial charge < -0.3 is 5.11 Å². The first-order chi connectivity index (χ1) is 8.11. The summed E-state index contributed by atoms with van der Waals surface area (Å²) < 4.78 is 0. The molecule has 0 aliphatic rings. The van der Waals surface area contributed by atoms with Gasteiger partial charge in [0.2, 0.25) is 0 Å². The first-order valence-corrected chi connectivity index (χ1v) is 5.29. The van der Waals surface area contributed by atoms with Crippen LogP contribution < -0.4 is 0 Å². The summed E-state index contributed by atoms with van der Waals surface area (Å²) in [5, 5.41) is 9.24. The van der Waals surface area contributed by atoms with Crippen LogP contribution in [0.25, 0.3) is 11.1 Å². The van der Waals surface area contributed by atoms with Gasteiger partial charge in [-0.05, 0) is 18.1 Å². The number of aromatic carboxylic acids is 1. The van der Waals surface area contributed by atoms with Crippen LogP contribution in [0.2, 0.25) is 5.15 Å². The molecule has 0 spiro atoms. The quantitative estimate of drug-likeness (QED) is 0.830. The fourth-order valence-corrected chi connectivity index (χ4v) is 1.85. The fraction of sp³-hybridized carbons (Fsp3) is 0.0833. The highest BCUT2D eigenvalue weighted by Gasteiger charge is 2.18. The van der Waals surface area contributed by atoms with Gasteiger partial charge in [0.25, 0.3) is 0 Å². The Kier molecular flexibility index (Phi) is 3.06. The topological polar surface area (TPSA) is 63.1 Å². The summed E-state index contributed by atoms with van der Waals surface area (Å²) in [6.07, 6.45) is 1.15. The Labute approximate surface area is 103 Å². The Morgan fingerprint density at radius 2 is 2.00 bits per heavy atom. The number of carbonyl (C=O) groups is 1. The number of aromatic nitrogens is 2. The molecule has 0 radical (unpaired) electrons. The number of nitrogens with zero attached hydrogens (tertiary/aromatic N) is 2. The van der Waals surface area contributed by atoms with Gasteiger partial charge >= 0.3 is 5.97 Å². The van der Waals surface area contributed by atoms with Crippen molar-refractivity contribution in [2.45, 2.75) is 6.92 Å². The third-order valence-corrected chi connectivity index (χ3v) is 2.70. The zero-order chi connectivity index (χ0) is 12.4. The monoisotopic (exact) mass is 248 g/mol. The highest BCUT2D eigenvalue weighted by atomic mass is 35.5. The molecule has 1 aromatic heterocycles. The van der Waals surface area contributed by atoms with E-state index in [1.807, 2.05) is 25.1 Å². The molecule has 2 rings (SSSR count). The molecule has 0 atom stereocenters. The van der Waals surface area contributed by atoms with Crippen molar-refractivity contribution in [3.05, 3.63) is 47.0 Å². The molecule has 86 valence electrons. The van der Waals surface area contributed by atoms with Crippen LogP contribution in [0.4, 0.5) is 0 Å². The van der Waals surface area contributed by atoms with E-state index in [0.717, 1.165) is 17.5 Å². The van der Waals surface area contributed by atoms with E-state index in [1.165, 1.54) is 0 Å². The smallest absolute Gasteiger partial charge is 0.355 e. The summed E-state index contributed by atoms with van der Waals surface area (Å²) in [6.45, 7) is 1.88. The van der Waals surface area contributed by atoms with E-state index in [1.54, 1.807) is 6.07 Å². The van der Waals surface area contributed by atoms with E-state index >= 15 is 0 Å². The standard InChI is InChI=1S/C12H9ClN2O2/c1-7-4-2-3-5-8(7)9-10(12(16)17)14-6-15-11(9)13/h2-6H,1H3,(H,16,17). The zero-order valence-electron chi connectivity index (χ0n) is 9.01. The number of carboxylic acid groups (broad SMARTS) is 1. The van der Waals surface area contributed by atoms with Crippen LogP contribution >= 0.6 is 11.6 Å². The predicted octanol–water partition coefficient (Wildman–Crippen LogP) is 2.80. The van der Waals surface area contributed by atoms with E-state index in [-0.39, 0.29) is 10.8 Å². The Morgan fingerprint density at radius 3 is 2.65 bits per heavy atom. The number of halogens is 1. The highest BCUT2D eigenvalue weighted by molar-refractivity contribution is 6.32. The molecule has 17 heavy (non-hydrogen) atoms. The predicted molar refractivity (Wildman–Crippen MR) is 64.2 cm³/mol. The van der Waals surface area contributed by atoms with Gasteiger partial charge in [0.05, 0.1) is 5.56 Å². The summed E-state index contributed by atoms with van der Waals surface area (Å²) in [5.41, 5.74) is 1.93. The van der Waals surface area contributed by atoms with Crippen molar-refractivity contribution < 1.29 is 9.90 Å². The number of carboxylic acids is 1. The lowest BCUT2D eigenvalue weighted by Gasteiger charge is -2.09. The normalized spacial score (nSPS) is 10.2. The SMILES string of the molecule is Cc1ccccc1-c1c(Cl)ncnc1C(=O)O. The second kappa shape index (κ2) is 4.51. The lowest BCUT2D eigenvalue weighted by molar-refractivity contribution is 0.0691. The summed E-state index contributed by atoms with van der Waals surface area (Å²) in [4.78, 5) is 18.7. The highest BCUT2D eigenvalue weighted by Crippen LogP contribution is 2.30. The Balaban J connectivity index is 2.75. The Hall–Kier alpha value is -1.94. The molecular formula is C12H9ClN2O2. The van der Waals surface area contributed by atoms with Crippen molar-refractivity contribution in [3.63, 3.8) is 0 Å². The Morgan fingerprint density at radius 1 is 1.29 bits per heavy atom. The maximum Gasteiger partial charge on any atom is 0.355 e. The second-order valence-electron chi connectivity index (χ2n) is 3.51. The maximum atomic E-state index is 11.1. The maximum absolute atomic E-state index is 11.1. The average Bonchev–Trinajstić information content (AvgIpc) is 2.30. The molecule has 0 unspecified atom stereocenters. The molecule has 1 heterocycles. The lowest BCUT2D eigenvalue weighted by Crippen LogP contribution is -2.05. The van der Waals surface area contributed by atoms with Crippen LogP contribution in [-0.4, -0.2) is 21.0 Å². The van der Waals surface area contributed by atoms with Gasteiger partial charge in [-0.25, -0.2) is 14.8 Å². The molecule has 0 saturated carbocycles. The summed E-state index contributed by atoms with van der Waals surface area (Å²) >= 11 is 5.97. The van der Waals surface area contributed by atoms with Crippen molar-refractivity contribution in [2.75, 3.05) is 0 Å². The van der Waals surface area contributed by atoms with Crippen LogP contribution in [0.5, 0.6) is 0 Å². The second-order valence-corrected chi connectivity index (χ2v) is 3.87.